The summed E-state index contributed by atoms with van der Waals surface area (Å²) in [5, 5.41) is 9.44. The molecule has 1 aliphatic rings. The molecule has 1 aliphatic heterocycles. The molecular weight excluding hydrogens is 302 g/mol. The Morgan fingerprint density at radius 3 is 2.65 bits per heavy atom. The second kappa shape index (κ2) is 5.02. The first kappa shape index (κ1) is 15.3. The minimum absolute atomic E-state index is 0.0425. The summed E-state index contributed by atoms with van der Waals surface area (Å²) in [5.41, 5.74) is -0.566. The van der Waals surface area contributed by atoms with Gasteiger partial charge in [0.1, 0.15) is 10.4 Å². The number of carboxylic acids is 1. The number of benzene rings is 1. The molecule has 0 amide bonds. The highest BCUT2D eigenvalue weighted by Gasteiger charge is 2.50. The molecule has 0 aromatic heterocycles. The molecule has 1 unspecified atom stereocenters. The van der Waals surface area contributed by atoms with Crippen LogP contribution in [0.2, 0.25) is 5.02 Å². The Hall–Kier alpha value is -1.11. The van der Waals surface area contributed by atoms with Crippen molar-refractivity contribution in [1.82, 2.24) is 4.31 Å². The third-order valence-electron chi connectivity index (χ3n) is 3.69. The Kier molecular flexibility index (Phi) is 3.83. The Bertz CT molecular complexity index is 658. The molecule has 0 radical (unpaired) electrons. The van der Waals surface area contributed by atoms with E-state index in [2.05, 4.69) is 0 Å². The van der Waals surface area contributed by atoms with E-state index in [1.54, 1.807) is 19.1 Å². The topological polar surface area (TPSA) is 74.7 Å². The SMILES string of the molecule is Cc1ccc(S(=O)(=O)N2CCCC2(C)C(=O)O)c(Cl)c1. The summed E-state index contributed by atoms with van der Waals surface area (Å²) in [4.78, 5) is 11.4. The molecular formula is C13H16ClNO4S. The molecule has 7 heteroatoms. The Morgan fingerprint density at radius 1 is 1.45 bits per heavy atom. The number of carbonyl (C=O) groups is 1. The largest absolute Gasteiger partial charge is 0.480 e. The lowest BCUT2D eigenvalue weighted by Gasteiger charge is -2.30. The van der Waals surface area contributed by atoms with E-state index in [-0.39, 0.29) is 16.5 Å². The first-order valence-corrected chi connectivity index (χ1v) is 8.04. The zero-order valence-corrected chi connectivity index (χ0v) is 12.8. The van der Waals surface area contributed by atoms with E-state index in [9.17, 15) is 18.3 Å². The van der Waals surface area contributed by atoms with Crippen LogP contribution in [0.25, 0.3) is 0 Å². The molecule has 5 nitrogen and oxygen atoms in total. The monoisotopic (exact) mass is 317 g/mol. The van der Waals surface area contributed by atoms with Gasteiger partial charge in [0.25, 0.3) is 0 Å². The summed E-state index contributed by atoms with van der Waals surface area (Å²) in [5.74, 6) is -1.14. The quantitative estimate of drug-likeness (QED) is 0.928. The fraction of sp³-hybridized carbons (Fsp3) is 0.462. The summed E-state index contributed by atoms with van der Waals surface area (Å²) in [6.07, 6.45) is 0.816. The van der Waals surface area contributed by atoms with E-state index < -0.39 is 21.5 Å². The normalized spacial score (nSPS) is 23.9. The van der Waals surface area contributed by atoms with Crippen molar-refractivity contribution in [3.63, 3.8) is 0 Å². The number of rotatable bonds is 3. The van der Waals surface area contributed by atoms with Crippen molar-refractivity contribution in [1.29, 1.82) is 0 Å². The highest BCUT2D eigenvalue weighted by molar-refractivity contribution is 7.89. The second-order valence-electron chi connectivity index (χ2n) is 5.19. The van der Waals surface area contributed by atoms with Crippen LogP contribution in [0.3, 0.4) is 0 Å². The van der Waals surface area contributed by atoms with Crippen LogP contribution in [0, 0.1) is 6.92 Å². The molecule has 0 bridgehead atoms. The molecule has 1 N–H and O–H groups in total. The molecule has 0 spiro atoms. The highest BCUT2D eigenvalue weighted by atomic mass is 35.5. The number of aliphatic carboxylic acids is 1. The van der Waals surface area contributed by atoms with Crippen molar-refractivity contribution >= 4 is 27.6 Å². The molecule has 0 aliphatic carbocycles. The van der Waals surface area contributed by atoms with E-state index in [1.165, 1.54) is 13.0 Å². The van der Waals surface area contributed by atoms with Gasteiger partial charge in [-0.2, -0.15) is 4.31 Å². The van der Waals surface area contributed by atoms with E-state index in [1.807, 2.05) is 0 Å². The molecule has 1 heterocycles. The number of halogens is 1. The molecule has 1 atom stereocenters. The number of hydrogen-bond donors (Lipinski definition) is 1. The molecule has 1 fully saturated rings. The summed E-state index contributed by atoms with van der Waals surface area (Å²) in [6.45, 7) is 3.43. The van der Waals surface area contributed by atoms with E-state index in [0.29, 0.717) is 12.8 Å². The van der Waals surface area contributed by atoms with Crippen LogP contribution in [-0.2, 0) is 14.8 Å². The average Bonchev–Trinajstić information content (AvgIpc) is 2.73. The van der Waals surface area contributed by atoms with Gasteiger partial charge in [0, 0.05) is 6.54 Å². The predicted molar refractivity (Wildman–Crippen MR) is 75.4 cm³/mol. The summed E-state index contributed by atoms with van der Waals surface area (Å²) in [7, 11) is -3.92. The Balaban J connectivity index is 2.53. The molecule has 0 saturated carbocycles. The zero-order valence-electron chi connectivity index (χ0n) is 11.3. The Morgan fingerprint density at radius 2 is 2.10 bits per heavy atom. The minimum atomic E-state index is -3.92. The van der Waals surface area contributed by atoms with Crippen LogP contribution in [0.4, 0.5) is 0 Å². The predicted octanol–water partition coefficient (Wildman–Crippen LogP) is 2.28. The fourth-order valence-corrected chi connectivity index (χ4v) is 4.85. The van der Waals surface area contributed by atoms with E-state index in [4.69, 9.17) is 11.6 Å². The van der Waals surface area contributed by atoms with Gasteiger partial charge in [0.15, 0.2) is 0 Å². The van der Waals surface area contributed by atoms with E-state index >= 15 is 0 Å². The van der Waals surface area contributed by atoms with Gasteiger partial charge in [0.05, 0.1) is 5.02 Å². The van der Waals surface area contributed by atoms with Crippen molar-refractivity contribution in [2.24, 2.45) is 0 Å². The van der Waals surface area contributed by atoms with Gasteiger partial charge < -0.3 is 5.11 Å². The lowest BCUT2D eigenvalue weighted by molar-refractivity contribution is -0.146. The van der Waals surface area contributed by atoms with Crippen molar-refractivity contribution in [3.8, 4) is 0 Å². The molecule has 110 valence electrons. The van der Waals surface area contributed by atoms with Gasteiger partial charge in [-0.25, -0.2) is 8.42 Å². The minimum Gasteiger partial charge on any atom is -0.480 e. The van der Waals surface area contributed by atoms with Crippen LogP contribution in [0.15, 0.2) is 23.1 Å². The fourth-order valence-electron chi connectivity index (χ4n) is 2.47. The van der Waals surface area contributed by atoms with Gasteiger partial charge in [-0.1, -0.05) is 17.7 Å². The zero-order chi connectivity index (χ0) is 15.1. The first-order valence-electron chi connectivity index (χ1n) is 6.22. The van der Waals surface area contributed by atoms with Crippen LogP contribution < -0.4 is 0 Å². The number of sulfonamides is 1. The molecule has 1 aromatic rings. The van der Waals surface area contributed by atoms with Crippen LogP contribution in [-0.4, -0.2) is 35.9 Å². The average molecular weight is 318 g/mol. The van der Waals surface area contributed by atoms with Crippen molar-refractivity contribution in [2.45, 2.75) is 37.1 Å². The van der Waals surface area contributed by atoms with Crippen molar-refractivity contribution in [2.75, 3.05) is 6.54 Å². The second-order valence-corrected chi connectivity index (χ2v) is 7.43. The highest BCUT2D eigenvalue weighted by Crippen LogP contribution is 2.36. The van der Waals surface area contributed by atoms with E-state index in [0.717, 1.165) is 9.87 Å². The standard InChI is InChI=1S/C13H16ClNO4S/c1-9-4-5-11(10(14)8-9)20(18,19)15-7-3-6-13(15,2)12(16)17/h4-5,8H,3,6-7H2,1-2H3,(H,16,17). The summed E-state index contributed by atoms with van der Waals surface area (Å²) in [6, 6.07) is 4.63. The van der Waals surface area contributed by atoms with Gasteiger partial charge in [-0.05, 0) is 44.4 Å². The molecule has 1 aromatic carbocycles. The Labute approximate surface area is 123 Å². The number of aryl methyl sites for hydroxylation is 1. The lowest BCUT2D eigenvalue weighted by atomic mass is 10.0. The molecule has 2 rings (SSSR count). The number of nitrogens with zero attached hydrogens (tertiary/aromatic N) is 1. The van der Waals surface area contributed by atoms with Crippen LogP contribution in [0.1, 0.15) is 25.3 Å². The third-order valence-corrected chi connectivity index (χ3v) is 6.19. The maximum Gasteiger partial charge on any atom is 0.324 e. The molecule has 1 saturated heterocycles. The third kappa shape index (κ3) is 2.32. The number of hydrogen-bond acceptors (Lipinski definition) is 3. The first-order chi connectivity index (χ1) is 9.19. The van der Waals surface area contributed by atoms with Crippen molar-refractivity contribution in [3.05, 3.63) is 28.8 Å². The van der Waals surface area contributed by atoms with Crippen molar-refractivity contribution < 1.29 is 18.3 Å². The van der Waals surface area contributed by atoms with Gasteiger partial charge in [-0.3, -0.25) is 4.79 Å². The smallest absolute Gasteiger partial charge is 0.324 e. The van der Waals surface area contributed by atoms with Crippen LogP contribution in [0.5, 0.6) is 0 Å². The van der Waals surface area contributed by atoms with Gasteiger partial charge >= 0.3 is 5.97 Å². The summed E-state index contributed by atoms with van der Waals surface area (Å²) >= 11 is 6.01. The van der Waals surface area contributed by atoms with Gasteiger partial charge in [-0.15, -0.1) is 0 Å². The molecule has 20 heavy (non-hydrogen) atoms. The van der Waals surface area contributed by atoms with Gasteiger partial charge in [0.2, 0.25) is 10.0 Å². The summed E-state index contributed by atoms with van der Waals surface area (Å²) < 4.78 is 26.4. The maximum absolute atomic E-state index is 12.7. The number of carboxylic acid groups (broad SMARTS) is 1. The maximum atomic E-state index is 12.7. The lowest BCUT2D eigenvalue weighted by Crippen LogP contribution is -2.50. The van der Waals surface area contributed by atoms with Crippen LogP contribution >= 0.6 is 11.6 Å².